The zero-order chi connectivity index (χ0) is 21.6. The van der Waals surface area contributed by atoms with E-state index in [-0.39, 0.29) is 5.91 Å². The van der Waals surface area contributed by atoms with Crippen molar-refractivity contribution in [1.29, 1.82) is 0 Å². The van der Waals surface area contributed by atoms with Crippen molar-refractivity contribution in [3.63, 3.8) is 0 Å². The molecule has 1 heterocycles. The average Bonchev–Trinajstić information content (AvgIpc) is 2.81. The lowest BCUT2D eigenvalue weighted by molar-refractivity contribution is 0.102. The Labute approximate surface area is 184 Å². The molecule has 0 atom stereocenters. The average molecular weight is 431 g/mol. The van der Waals surface area contributed by atoms with Crippen LogP contribution in [0, 0.1) is 0 Å². The van der Waals surface area contributed by atoms with Crippen molar-refractivity contribution < 1.29 is 9.53 Å². The number of halogens is 1. The Hall–Kier alpha value is -3.90. The summed E-state index contributed by atoms with van der Waals surface area (Å²) in [5, 5.41) is 6.71. The molecular formula is C24H19ClN4O2. The lowest BCUT2D eigenvalue weighted by Gasteiger charge is -2.11. The second-order valence-corrected chi connectivity index (χ2v) is 7.09. The summed E-state index contributed by atoms with van der Waals surface area (Å²) in [6.45, 7) is 0. The van der Waals surface area contributed by atoms with E-state index in [4.69, 9.17) is 16.3 Å². The van der Waals surface area contributed by atoms with Gasteiger partial charge in [0.05, 0.1) is 12.8 Å². The highest BCUT2D eigenvalue weighted by Gasteiger charge is 2.10. The fourth-order valence-electron chi connectivity index (χ4n) is 3.03. The molecule has 0 bridgehead atoms. The largest absolute Gasteiger partial charge is 0.496 e. The number of ether oxygens (including phenoxy) is 1. The Morgan fingerprint density at radius 2 is 1.65 bits per heavy atom. The number of hydrogen-bond acceptors (Lipinski definition) is 5. The number of methoxy groups -OCH3 is 1. The van der Waals surface area contributed by atoms with Crippen molar-refractivity contribution in [2.75, 3.05) is 17.7 Å². The molecular weight excluding hydrogens is 412 g/mol. The Balaban J connectivity index is 1.48. The van der Waals surface area contributed by atoms with Crippen LogP contribution in [0.15, 0.2) is 85.2 Å². The molecule has 0 aliphatic carbocycles. The number of hydrogen-bond donors (Lipinski definition) is 2. The van der Waals surface area contributed by atoms with E-state index >= 15 is 0 Å². The molecule has 0 unspecified atom stereocenters. The monoisotopic (exact) mass is 430 g/mol. The van der Waals surface area contributed by atoms with Gasteiger partial charge in [0, 0.05) is 33.6 Å². The van der Waals surface area contributed by atoms with Gasteiger partial charge in [-0.3, -0.25) is 4.79 Å². The van der Waals surface area contributed by atoms with Crippen LogP contribution >= 0.6 is 11.6 Å². The van der Waals surface area contributed by atoms with Crippen molar-refractivity contribution in [3.8, 4) is 17.0 Å². The minimum atomic E-state index is -0.155. The predicted octanol–water partition coefficient (Wildman–Crippen LogP) is 5.80. The molecule has 6 nitrogen and oxygen atoms in total. The summed E-state index contributed by atoms with van der Waals surface area (Å²) in [7, 11) is 1.60. The van der Waals surface area contributed by atoms with E-state index in [1.807, 2.05) is 48.5 Å². The first-order chi connectivity index (χ1) is 15.1. The second-order valence-electron chi connectivity index (χ2n) is 6.66. The van der Waals surface area contributed by atoms with E-state index < -0.39 is 0 Å². The summed E-state index contributed by atoms with van der Waals surface area (Å²) in [5.74, 6) is 1.14. The van der Waals surface area contributed by atoms with Crippen molar-refractivity contribution in [1.82, 2.24) is 9.97 Å². The van der Waals surface area contributed by atoms with Crippen molar-refractivity contribution in [3.05, 3.63) is 95.8 Å². The van der Waals surface area contributed by atoms with E-state index in [1.54, 1.807) is 37.4 Å². The van der Waals surface area contributed by atoms with Gasteiger partial charge in [0.2, 0.25) is 0 Å². The number of rotatable bonds is 6. The van der Waals surface area contributed by atoms with Crippen LogP contribution in [0.4, 0.5) is 17.2 Å². The van der Waals surface area contributed by atoms with Gasteiger partial charge in [-0.25, -0.2) is 9.97 Å². The number of aromatic nitrogens is 2. The van der Waals surface area contributed by atoms with Crippen LogP contribution in [-0.4, -0.2) is 23.0 Å². The molecule has 0 radical (unpaired) electrons. The van der Waals surface area contributed by atoms with Crippen molar-refractivity contribution in [2.45, 2.75) is 0 Å². The lowest BCUT2D eigenvalue weighted by Crippen LogP contribution is -2.11. The van der Waals surface area contributed by atoms with E-state index in [9.17, 15) is 4.79 Å². The van der Waals surface area contributed by atoms with Gasteiger partial charge in [0.25, 0.3) is 5.91 Å². The van der Waals surface area contributed by atoms with E-state index in [1.165, 1.54) is 6.33 Å². The molecule has 0 fully saturated rings. The summed E-state index contributed by atoms with van der Waals surface area (Å²) in [6, 6.07) is 23.6. The first-order valence-corrected chi connectivity index (χ1v) is 9.89. The van der Waals surface area contributed by atoms with E-state index in [0.717, 1.165) is 11.3 Å². The quantitative estimate of drug-likeness (QED) is 0.404. The van der Waals surface area contributed by atoms with Crippen LogP contribution in [-0.2, 0) is 0 Å². The third-order valence-corrected chi connectivity index (χ3v) is 4.79. The highest BCUT2D eigenvalue weighted by atomic mass is 35.5. The maximum atomic E-state index is 12.3. The van der Waals surface area contributed by atoms with Crippen molar-refractivity contribution in [2.24, 2.45) is 0 Å². The Morgan fingerprint density at radius 1 is 0.903 bits per heavy atom. The Morgan fingerprint density at radius 3 is 2.39 bits per heavy atom. The molecule has 7 heteroatoms. The van der Waals surface area contributed by atoms with Gasteiger partial charge in [-0.15, -0.1) is 0 Å². The molecule has 0 saturated carbocycles. The van der Waals surface area contributed by atoms with Crippen LogP contribution in [0.25, 0.3) is 11.3 Å². The van der Waals surface area contributed by atoms with Gasteiger partial charge < -0.3 is 15.4 Å². The number of anilines is 3. The summed E-state index contributed by atoms with van der Waals surface area (Å²) in [4.78, 5) is 20.9. The molecule has 0 aliphatic rings. The number of carbonyl (C=O) groups is 1. The highest BCUT2D eigenvalue weighted by Crippen LogP contribution is 2.32. The third-order valence-electron chi connectivity index (χ3n) is 4.56. The van der Waals surface area contributed by atoms with E-state index in [0.29, 0.717) is 33.5 Å². The zero-order valence-electron chi connectivity index (χ0n) is 16.7. The van der Waals surface area contributed by atoms with Crippen molar-refractivity contribution >= 4 is 34.7 Å². The standard InChI is InChI=1S/C24H19ClN4O2/c1-31-22-12-7-17(25)13-20(22)21-14-23(27-15-26-21)28-18-8-10-19(11-9-18)29-24(30)16-5-3-2-4-6-16/h2-15H,1H3,(H,29,30)(H,26,27,28). The summed E-state index contributed by atoms with van der Waals surface area (Å²) >= 11 is 6.14. The van der Waals surface area contributed by atoms with Gasteiger partial charge in [0.15, 0.2) is 0 Å². The molecule has 0 saturated heterocycles. The maximum absolute atomic E-state index is 12.3. The molecule has 0 spiro atoms. The minimum absolute atomic E-state index is 0.155. The number of nitrogens with one attached hydrogen (secondary N) is 2. The molecule has 31 heavy (non-hydrogen) atoms. The molecule has 3 aromatic carbocycles. The van der Waals surface area contributed by atoms with Gasteiger partial charge in [0.1, 0.15) is 17.9 Å². The normalized spacial score (nSPS) is 10.4. The van der Waals surface area contributed by atoms with Crippen LogP contribution in [0.3, 0.4) is 0 Å². The molecule has 0 aliphatic heterocycles. The number of benzene rings is 3. The smallest absolute Gasteiger partial charge is 0.255 e. The predicted molar refractivity (Wildman–Crippen MR) is 123 cm³/mol. The van der Waals surface area contributed by atoms with Gasteiger partial charge in [-0.1, -0.05) is 29.8 Å². The second kappa shape index (κ2) is 9.28. The molecule has 2 N–H and O–H groups in total. The van der Waals surface area contributed by atoms with Crippen LogP contribution in [0.2, 0.25) is 5.02 Å². The van der Waals surface area contributed by atoms with Crippen LogP contribution < -0.4 is 15.4 Å². The van der Waals surface area contributed by atoms with Crippen LogP contribution in [0.5, 0.6) is 5.75 Å². The zero-order valence-corrected chi connectivity index (χ0v) is 17.4. The number of amides is 1. The van der Waals surface area contributed by atoms with Gasteiger partial charge >= 0.3 is 0 Å². The first kappa shape index (κ1) is 20.4. The lowest BCUT2D eigenvalue weighted by atomic mass is 10.1. The number of carbonyl (C=O) groups excluding carboxylic acids is 1. The highest BCUT2D eigenvalue weighted by molar-refractivity contribution is 6.31. The Bertz CT molecular complexity index is 1200. The molecule has 1 aromatic heterocycles. The summed E-state index contributed by atoms with van der Waals surface area (Å²) in [6.07, 6.45) is 1.48. The van der Waals surface area contributed by atoms with Gasteiger partial charge in [-0.2, -0.15) is 0 Å². The van der Waals surface area contributed by atoms with E-state index in [2.05, 4.69) is 20.6 Å². The topological polar surface area (TPSA) is 76.1 Å². The van der Waals surface area contributed by atoms with Gasteiger partial charge in [-0.05, 0) is 54.6 Å². The minimum Gasteiger partial charge on any atom is -0.496 e. The summed E-state index contributed by atoms with van der Waals surface area (Å²) < 4.78 is 5.42. The first-order valence-electron chi connectivity index (χ1n) is 9.52. The fraction of sp³-hybridized carbons (Fsp3) is 0.0417. The Kier molecular flexibility index (Phi) is 6.10. The third kappa shape index (κ3) is 4.99. The summed E-state index contributed by atoms with van der Waals surface area (Å²) in [5.41, 5.74) is 3.59. The molecule has 4 rings (SSSR count). The SMILES string of the molecule is COc1ccc(Cl)cc1-c1cc(Nc2ccc(NC(=O)c3ccccc3)cc2)ncn1. The fourth-order valence-corrected chi connectivity index (χ4v) is 3.20. The molecule has 4 aromatic rings. The molecule has 1 amide bonds. The molecule has 154 valence electrons. The number of nitrogens with zero attached hydrogens (tertiary/aromatic N) is 2. The maximum Gasteiger partial charge on any atom is 0.255 e. The van der Waals surface area contributed by atoms with Crippen LogP contribution in [0.1, 0.15) is 10.4 Å².